The highest BCUT2D eigenvalue weighted by Crippen LogP contribution is 2.47. The first-order valence-corrected chi connectivity index (χ1v) is 7.92. The molecule has 1 heterocycles. The van der Waals surface area contributed by atoms with E-state index in [9.17, 15) is 19.5 Å². The van der Waals surface area contributed by atoms with Crippen molar-refractivity contribution in [3.05, 3.63) is 35.4 Å². The van der Waals surface area contributed by atoms with E-state index in [1.54, 1.807) is 24.3 Å². The summed E-state index contributed by atoms with van der Waals surface area (Å²) < 4.78 is 4.65. The molecule has 1 saturated carbocycles. The van der Waals surface area contributed by atoms with Crippen molar-refractivity contribution >= 4 is 18.0 Å². The van der Waals surface area contributed by atoms with E-state index < -0.39 is 18.1 Å². The number of methoxy groups -OCH3 is 1. The number of carbonyl (C=O) groups excluding carboxylic acids is 2. The number of fused-ring (bicyclic) bond motifs is 1. The lowest BCUT2D eigenvalue weighted by Gasteiger charge is -2.25. The van der Waals surface area contributed by atoms with Crippen LogP contribution in [0, 0.1) is 5.92 Å². The number of likely N-dealkylation sites (tertiary alicyclic amines) is 1. The van der Waals surface area contributed by atoms with Crippen molar-refractivity contribution in [3.8, 4) is 0 Å². The summed E-state index contributed by atoms with van der Waals surface area (Å²) in [5.74, 6) is -0.360. The number of esters is 1. The third-order valence-corrected chi connectivity index (χ3v) is 4.82. The number of amides is 2. The van der Waals surface area contributed by atoms with Gasteiger partial charge in [-0.05, 0) is 43.4 Å². The van der Waals surface area contributed by atoms with Gasteiger partial charge in [0.25, 0.3) is 0 Å². The van der Waals surface area contributed by atoms with Crippen LogP contribution in [-0.2, 0) is 9.53 Å². The van der Waals surface area contributed by atoms with Crippen molar-refractivity contribution in [2.75, 3.05) is 7.11 Å². The molecule has 1 saturated heterocycles. The number of rotatable bonds is 4. The molecule has 1 aliphatic heterocycles. The van der Waals surface area contributed by atoms with Gasteiger partial charge in [-0.25, -0.2) is 9.59 Å². The molecule has 2 aliphatic rings. The number of carboxylic acid groups (broad SMARTS) is 1. The zero-order valence-corrected chi connectivity index (χ0v) is 13.6. The zero-order chi connectivity index (χ0) is 17.4. The van der Waals surface area contributed by atoms with E-state index in [2.05, 4.69) is 10.1 Å². The fourth-order valence-corrected chi connectivity index (χ4v) is 3.38. The Morgan fingerprint density at radius 1 is 1.25 bits per heavy atom. The van der Waals surface area contributed by atoms with Gasteiger partial charge in [0.2, 0.25) is 5.91 Å². The minimum Gasteiger partial charge on any atom is -0.465 e. The molecule has 3 unspecified atom stereocenters. The van der Waals surface area contributed by atoms with Gasteiger partial charge in [0.05, 0.1) is 18.7 Å². The molecular weight excluding hydrogens is 312 g/mol. The number of ether oxygens (including phenoxy) is 1. The topological polar surface area (TPSA) is 95.9 Å². The molecule has 4 atom stereocenters. The largest absolute Gasteiger partial charge is 0.465 e. The Balaban J connectivity index is 1.64. The Hall–Kier alpha value is -2.57. The average molecular weight is 332 g/mol. The maximum Gasteiger partial charge on any atom is 0.408 e. The monoisotopic (exact) mass is 332 g/mol. The third kappa shape index (κ3) is 2.93. The number of benzene rings is 1. The van der Waals surface area contributed by atoms with Crippen LogP contribution in [-0.4, -0.2) is 47.2 Å². The standard InChI is InChI=1S/C17H20N2O5/c1-9(10-3-5-11(6-4-10)16(21)24-2)18-15(20)14-8-12-7-13(12)19(14)17(22)23/h3-6,9,12-14H,7-8H2,1-2H3,(H,18,20)(H,22,23)/t9-,12?,13?,14?/m0/s1. The van der Waals surface area contributed by atoms with E-state index in [0.717, 1.165) is 12.0 Å². The van der Waals surface area contributed by atoms with E-state index in [-0.39, 0.29) is 18.0 Å². The quantitative estimate of drug-likeness (QED) is 0.820. The molecule has 2 amide bonds. The normalized spacial score (nSPS) is 25.6. The number of hydrogen-bond acceptors (Lipinski definition) is 4. The van der Waals surface area contributed by atoms with Gasteiger partial charge in [-0.2, -0.15) is 0 Å². The Morgan fingerprint density at radius 2 is 1.92 bits per heavy atom. The van der Waals surface area contributed by atoms with Gasteiger partial charge in [-0.1, -0.05) is 12.1 Å². The van der Waals surface area contributed by atoms with Crippen molar-refractivity contribution < 1.29 is 24.2 Å². The van der Waals surface area contributed by atoms with Gasteiger partial charge in [0.15, 0.2) is 0 Å². The summed E-state index contributed by atoms with van der Waals surface area (Å²) in [4.78, 5) is 36.5. The fraction of sp³-hybridized carbons (Fsp3) is 0.471. The number of hydrogen-bond donors (Lipinski definition) is 2. The molecule has 0 bridgehead atoms. The van der Waals surface area contributed by atoms with Crippen LogP contribution in [0.25, 0.3) is 0 Å². The SMILES string of the molecule is COC(=O)c1ccc([C@H](C)NC(=O)C2CC3CC3N2C(=O)O)cc1. The Bertz CT molecular complexity index is 672. The summed E-state index contributed by atoms with van der Waals surface area (Å²) in [5.41, 5.74) is 1.27. The molecule has 0 aromatic heterocycles. The van der Waals surface area contributed by atoms with E-state index in [0.29, 0.717) is 17.9 Å². The molecule has 7 nitrogen and oxygen atoms in total. The van der Waals surface area contributed by atoms with Crippen LogP contribution < -0.4 is 5.32 Å². The zero-order valence-electron chi connectivity index (χ0n) is 13.6. The summed E-state index contributed by atoms with van der Waals surface area (Å²) in [7, 11) is 1.32. The second kappa shape index (κ2) is 6.14. The maximum absolute atomic E-state index is 12.4. The Labute approximate surface area is 139 Å². The van der Waals surface area contributed by atoms with Crippen LogP contribution in [0.1, 0.15) is 41.7 Å². The molecule has 0 spiro atoms. The molecule has 1 aromatic carbocycles. The highest BCUT2D eigenvalue weighted by atomic mass is 16.5. The van der Waals surface area contributed by atoms with Crippen molar-refractivity contribution in [2.45, 2.75) is 37.9 Å². The van der Waals surface area contributed by atoms with Crippen LogP contribution in [0.2, 0.25) is 0 Å². The fourth-order valence-electron chi connectivity index (χ4n) is 3.38. The minimum atomic E-state index is -1.03. The molecule has 2 fully saturated rings. The first kappa shape index (κ1) is 16.3. The lowest BCUT2D eigenvalue weighted by molar-refractivity contribution is -0.126. The summed E-state index contributed by atoms with van der Waals surface area (Å²) in [6.45, 7) is 1.83. The predicted molar refractivity (Wildman–Crippen MR) is 84.5 cm³/mol. The van der Waals surface area contributed by atoms with E-state index in [1.165, 1.54) is 12.0 Å². The molecule has 1 aliphatic carbocycles. The van der Waals surface area contributed by atoms with Crippen molar-refractivity contribution in [1.82, 2.24) is 10.2 Å². The summed E-state index contributed by atoms with van der Waals surface area (Å²) in [6, 6.07) is 5.89. The van der Waals surface area contributed by atoms with Crippen LogP contribution >= 0.6 is 0 Å². The van der Waals surface area contributed by atoms with E-state index in [1.807, 2.05) is 6.92 Å². The number of nitrogens with zero attached hydrogens (tertiary/aromatic N) is 1. The Morgan fingerprint density at radius 3 is 2.50 bits per heavy atom. The van der Waals surface area contributed by atoms with Crippen molar-refractivity contribution in [3.63, 3.8) is 0 Å². The molecule has 0 radical (unpaired) electrons. The van der Waals surface area contributed by atoms with E-state index in [4.69, 9.17) is 0 Å². The first-order chi connectivity index (χ1) is 11.4. The summed E-state index contributed by atoms with van der Waals surface area (Å²) in [5, 5.41) is 12.2. The first-order valence-electron chi connectivity index (χ1n) is 7.92. The third-order valence-electron chi connectivity index (χ3n) is 4.82. The van der Waals surface area contributed by atoms with Crippen LogP contribution in [0.15, 0.2) is 24.3 Å². The second-order valence-corrected chi connectivity index (χ2v) is 6.35. The van der Waals surface area contributed by atoms with Crippen molar-refractivity contribution in [1.29, 1.82) is 0 Å². The van der Waals surface area contributed by atoms with Crippen LogP contribution in [0.3, 0.4) is 0 Å². The van der Waals surface area contributed by atoms with Crippen LogP contribution in [0.5, 0.6) is 0 Å². The van der Waals surface area contributed by atoms with E-state index >= 15 is 0 Å². The Kier molecular flexibility index (Phi) is 4.17. The highest BCUT2D eigenvalue weighted by molar-refractivity contribution is 5.89. The molecule has 2 N–H and O–H groups in total. The lowest BCUT2D eigenvalue weighted by atomic mass is 10.0. The number of nitrogens with one attached hydrogen (secondary N) is 1. The molecule has 7 heteroatoms. The average Bonchev–Trinajstić information content (AvgIpc) is 3.23. The van der Waals surface area contributed by atoms with Gasteiger partial charge in [0.1, 0.15) is 6.04 Å². The summed E-state index contributed by atoms with van der Waals surface area (Å²) >= 11 is 0. The van der Waals surface area contributed by atoms with Gasteiger partial charge in [-0.3, -0.25) is 9.69 Å². The van der Waals surface area contributed by atoms with Gasteiger partial charge < -0.3 is 15.2 Å². The molecule has 1 aromatic rings. The minimum absolute atomic E-state index is 0.00731. The highest BCUT2D eigenvalue weighted by Gasteiger charge is 2.56. The number of carbonyl (C=O) groups is 3. The maximum atomic E-state index is 12.4. The number of piperidine rings is 1. The van der Waals surface area contributed by atoms with Gasteiger partial charge in [0, 0.05) is 6.04 Å². The second-order valence-electron chi connectivity index (χ2n) is 6.35. The van der Waals surface area contributed by atoms with Crippen molar-refractivity contribution in [2.24, 2.45) is 5.92 Å². The van der Waals surface area contributed by atoms with Gasteiger partial charge >= 0.3 is 12.1 Å². The summed E-state index contributed by atoms with van der Waals surface area (Å²) in [6.07, 6.45) is 0.424. The molecular formula is C17H20N2O5. The molecule has 3 rings (SSSR count). The van der Waals surface area contributed by atoms with Gasteiger partial charge in [-0.15, -0.1) is 0 Å². The molecule has 24 heavy (non-hydrogen) atoms. The molecule has 128 valence electrons. The predicted octanol–water partition coefficient (Wildman–Crippen LogP) is 1.79. The smallest absolute Gasteiger partial charge is 0.408 e. The lowest BCUT2D eigenvalue weighted by Crippen LogP contribution is -2.47. The van der Waals surface area contributed by atoms with Crippen LogP contribution in [0.4, 0.5) is 4.79 Å².